The second kappa shape index (κ2) is 10.8. The summed E-state index contributed by atoms with van der Waals surface area (Å²) in [4.78, 5) is 29.6. The van der Waals surface area contributed by atoms with Crippen LogP contribution >= 0.6 is 0 Å². The van der Waals surface area contributed by atoms with Gasteiger partial charge in [-0.25, -0.2) is 0 Å². The monoisotopic (exact) mass is 409 g/mol. The van der Waals surface area contributed by atoms with Gasteiger partial charge < -0.3 is 19.9 Å². The Kier molecular flexibility index (Phi) is 7.85. The molecule has 1 saturated heterocycles. The van der Waals surface area contributed by atoms with Crippen molar-refractivity contribution in [2.75, 3.05) is 46.4 Å². The van der Waals surface area contributed by atoms with E-state index in [1.165, 1.54) is 5.56 Å². The average molecular weight is 410 g/mol. The normalized spacial score (nSPS) is 14.8. The first-order chi connectivity index (χ1) is 14.6. The fourth-order valence-electron chi connectivity index (χ4n) is 3.73. The average Bonchev–Trinajstić information content (AvgIpc) is 2.82. The zero-order valence-corrected chi connectivity index (χ0v) is 17.8. The van der Waals surface area contributed by atoms with Gasteiger partial charge in [0.2, 0.25) is 5.91 Å². The van der Waals surface area contributed by atoms with Crippen LogP contribution < -0.4 is 10.1 Å². The van der Waals surface area contributed by atoms with Crippen molar-refractivity contribution >= 4 is 11.8 Å². The van der Waals surface area contributed by atoms with E-state index >= 15 is 0 Å². The largest absolute Gasteiger partial charge is 0.497 e. The van der Waals surface area contributed by atoms with Gasteiger partial charge in [-0.15, -0.1) is 0 Å². The van der Waals surface area contributed by atoms with Gasteiger partial charge in [0.25, 0.3) is 5.91 Å². The first-order valence-electron chi connectivity index (χ1n) is 10.5. The molecular weight excluding hydrogens is 378 g/mol. The third-order valence-corrected chi connectivity index (χ3v) is 5.53. The number of carbonyl (C=O) groups is 2. The molecule has 1 aliphatic rings. The van der Waals surface area contributed by atoms with E-state index < -0.39 is 0 Å². The molecule has 0 bridgehead atoms. The fourth-order valence-corrected chi connectivity index (χ4v) is 3.73. The van der Waals surface area contributed by atoms with Gasteiger partial charge in [-0.1, -0.05) is 43.3 Å². The number of amides is 2. The highest BCUT2D eigenvalue weighted by molar-refractivity contribution is 5.95. The Bertz CT molecular complexity index is 835. The molecule has 160 valence electrons. The van der Waals surface area contributed by atoms with E-state index in [4.69, 9.17) is 4.74 Å². The van der Waals surface area contributed by atoms with E-state index in [0.29, 0.717) is 30.8 Å². The zero-order chi connectivity index (χ0) is 21.3. The van der Waals surface area contributed by atoms with Gasteiger partial charge >= 0.3 is 0 Å². The Morgan fingerprint density at radius 2 is 1.83 bits per heavy atom. The Morgan fingerprint density at radius 3 is 2.53 bits per heavy atom. The van der Waals surface area contributed by atoms with Gasteiger partial charge in [-0.2, -0.15) is 0 Å². The number of hydrogen-bond acceptors (Lipinski definition) is 4. The number of nitrogens with zero attached hydrogens (tertiary/aromatic N) is 2. The smallest absolute Gasteiger partial charge is 0.254 e. The van der Waals surface area contributed by atoms with E-state index in [-0.39, 0.29) is 17.7 Å². The van der Waals surface area contributed by atoms with Gasteiger partial charge in [-0.3, -0.25) is 9.59 Å². The summed E-state index contributed by atoms with van der Waals surface area (Å²) in [6.45, 7) is 6.16. The summed E-state index contributed by atoms with van der Waals surface area (Å²) < 4.78 is 5.28. The van der Waals surface area contributed by atoms with Crippen molar-refractivity contribution < 1.29 is 14.3 Å². The van der Waals surface area contributed by atoms with Gasteiger partial charge in [0, 0.05) is 51.3 Å². The molecule has 2 amide bonds. The SMILES string of the molecule is COc1cccc(C(=O)N(CCC(=O)N2CCNCC2)CC(C)c2ccccc2)c1. The predicted octanol–water partition coefficient (Wildman–Crippen LogP) is 2.76. The van der Waals surface area contributed by atoms with Crippen molar-refractivity contribution in [3.8, 4) is 5.75 Å². The number of hydrogen-bond donors (Lipinski definition) is 1. The molecular formula is C24H31N3O3. The molecule has 6 nitrogen and oxygen atoms in total. The second-order valence-electron chi connectivity index (χ2n) is 7.68. The summed E-state index contributed by atoms with van der Waals surface area (Å²) in [5, 5.41) is 3.26. The summed E-state index contributed by atoms with van der Waals surface area (Å²) in [6, 6.07) is 17.3. The lowest BCUT2D eigenvalue weighted by Gasteiger charge is -2.30. The minimum Gasteiger partial charge on any atom is -0.497 e. The minimum absolute atomic E-state index is 0.0789. The van der Waals surface area contributed by atoms with Crippen LogP contribution in [0.25, 0.3) is 0 Å². The van der Waals surface area contributed by atoms with Crippen LogP contribution in [0, 0.1) is 0 Å². The number of carbonyl (C=O) groups excluding carboxylic acids is 2. The van der Waals surface area contributed by atoms with Crippen LogP contribution in [0.4, 0.5) is 0 Å². The molecule has 0 aromatic heterocycles. The van der Waals surface area contributed by atoms with Crippen LogP contribution in [0.5, 0.6) is 5.75 Å². The number of benzene rings is 2. The fraction of sp³-hybridized carbons (Fsp3) is 0.417. The van der Waals surface area contributed by atoms with Crippen molar-refractivity contribution in [2.45, 2.75) is 19.3 Å². The third kappa shape index (κ3) is 5.83. The topological polar surface area (TPSA) is 61.9 Å². The highest BCUT2D eigenvalue weighted by Gasteiger charge is 2.22. The lowest BCUT2D eigenvalue weighted by molar-refractivity contribution is -0.131. The maximum Gasteiger partial charge on any atom is 0.254 e. The number of nitrogens with one attached hydrogen (secondary N) is 1. The number of ether oxygens (including phenoxy) is 1. The number of piperazine rings is 1. The van der Waals surface area contributed by atoms with Crippen LogP contribution in [-0.4, -0.2) is 68.0 Å². The molecule has 0 saturated carbocycles. The van der Waals surface area contributed by atoms with Crippen LogP contribution in [0.15, 0.2) is 54.6 Å². The van der Waals surface area contributed by atoms with E-state index in [1.54, 1.807) is 24.1 Å². The van der Waals surface area contributed by atoms with Crippen LogP contribution in [0.1, 0.15) is 35.2 Å². The van der Waals surface area contributed by atoms with E-state index in [0.717, 1.165) is 26.2 Å². The molecule has 3 rings (SSSR count). The highest BCUT2D eigenvalue weighted by atomic mass is 16.5. The maximum absolute atomic E-state index is 13.3. The van der Waals surface area contributed by atoms with Gasteiger partial charge in [0.1, 0.15) is 5.75 Å². The Labute approximate surface area is 178 Å². The van der Waals surface area contributed by atoms with Crippen molar-refractivity contribution in [3.63, 3.8) is 0 Å². The molecule has 0 spiro atoms. The van der Waals surface area contributed by atoms with E-state index in [1.807, 2.05) is 35.2 Å². The van der Waals surface area contributed by atoms with Crippen LogP contribution in [0.3, 0.4) is 0 Å². The minimum atomic E-state index is -0.0789. The van der Waals surface area contributed by atoms with Crippen molar-refractivity contribution in [1.82, 2.24) is 15.1 Å². The van der Waals surface area contributed by atoms with Crippen LogP contribution in [0.2, 0.25) is 0 Å². The Hall–Kier alpha value is -2.86. The molecule has 1 aliphatic heterocycles. The Balaban J connectivity index is 1.73. The molecule has 1 unspecified atom stereocenters. The molecule has 1 atom stereocenters. The maximum atomic E-state index is 13.3. The van der Waals surface area contributed by atoms with Crippen LogP contribution in [-0.2, 0) is 4.79 Å². The summed E-state index contributed by atoms with van der Waals surface area (Å²) in [6.07, 6.45) is 0.331. The molecule has 2 aromatic carbocycles. The quantitative estimate of drug-likeness (QED) is 0.728. The lowest BCUT2D eigenvalue weighted by atomic mass is 10.00. The number of methoxy groups -OCH3 is 1. The highest BCUT2D eigenvalue weighted by Crippen LogP contribution is 2.20. The molecule has 0 radical (unpaired) electrons. The molecule has 0 aliphatic carbocycles. The van der Waals surface area contributed by atoms with Gasteiger partial charge in [0.05, 0.1) is 7.11 Å². The van der Waals surface area contributed by atoms with E-state index in [9.17, 15) is 9.59 Å². The molecule has 6 heteroatoms. The predicted molar refractivity (Wildman–Crippen MR) is 118 cm³/mol. The number of rotatable bonds is 8. The lowest BCUT2D eigenvalue weighted by Crippen LogP contribution is -2.47. The molecule has 1 N–H and O–H groups in total. The second-order valence-corrected chi connectivity index (χ2v) is 7.68. The summed E-state index contributed by atoms with van der Waals surface area (Å²) >= 11 is 0. The molecule has 1 heterocycles. The molecule has 1 fully saturated rings. The van der Waals surface area contributed by atoms with Gasteiger partial charge in [0.15, 0.2) is 0 Å². The Morgan fingerprint density at radius 1 is 1.10 bits per heavy atom. The first kappa shape index (κ1) is 21.8. The summed E-state index contributed by atoms with van der Waals surface area (Å²) in [5.41, 5.74) is 1.75. The van der Waals surface area contributed by atoms with Crippen molar-refractivity contribution in [1.29, 1.82) is 0 Å². The van der Waals surface area contributed by atoms with E-state index in [2.05, 4.69) is 24.4 Å². The van der Waals surface area contributed by atoms with Crippen molar-refractivity contribution in [2.24, 2.45) is 0 Å². The molecule has 2 aromatic rings. The first-order valence-corrected chi connectivity index (χ1v) is 10.5. The summed E-state index contributed by atoms with van der Waals surface area (Å²) in [7, 11) is 1.59. The van der Waals surface area contributed by atoms with Gasteiger partial charge in [-0.05, 0) is 29.7 Å². The zero-order valence-electron chi connectivity index (χ0n) is 17.8. The molecule has 30 heavy (non-hydrogen) atoms. The summed E-state index contributed by atoms with van der Waals surface area (Å²) in [5.74, 6) is 0.834. The third-order valence-electron chi connectivity index (χ3n) is 5.53. The standard InChI is InChI=1S/C24H31N3O3/c1-19(20-7-4-3-5-8-20)18-27(14-11-23(28)26-15-12-25-13-16-26)24(29)21-9-6-10-22(17-21)30-2/h3-10,17,19,25H,11-16,18H2,1-2H3. The van der Waals surface area contributed by atoms with Crippen molar-refractivity contribution in [3.05, 3.63) is 65.7 Å².